The molecule has 2 N–H and O–H groups in total. The first kappa shape index (κ1) is 22.6. The van der Waals surface area contributed by atoms with Crippen molar-refractivity contribution in [3.8, 4) is 0 Å². The molecular formula is C14H24BrIN4O2S. The highest BCUT2D eigenvalue weighted by Gasteiger charge is 2.06. The van der Waals surface area contributed by atoms with Gasteiger partial charge in [-0.1, -0.05) is 28.1 Å². The number of guanidine groups is 1. The topological polar surface area (TPSA) is 73.8 Å². The molecular weight excluding hydrogens is 495 g/mol. The lowest BCUT2D eigenvalue weighted by Crippen LogP contribution is -2.39. The minimum Gasteiger partial charge on any atom is -0.357 e. The molecule has 6 nitrogen and oxygen atoms in total. The number of hydrogen-bond acceptors (Lipinski definition) is 3. The van der Waals surface area contributed by atoms with Crippen molar-refractivity contribution >= 4 is 55.9 Å². The number of aliphatic imine (C=N–C) groups is 1. The van der Waals surface area contributed by atoms with E-state index in [0.717, 1.165) is 29.8 Å². The maximum atomic E-state index is 11.0. The van der Waals surface area contributed by atoms with Crippen LogP contribution in [0.25, 0.3) is 0 Å². The van der Waals surface area contributed by atoms with Crippen molar-refractivity contribution in [1.82, 2.24) is 14.9 Å². The first-order valence-electron chi connectivity index (χ1n) is 7.00. The molecule has 0 saturated heterocycles. The SMILES string of the molecule is CCNC(=NCCNS(C)(=O)=O)N(C)Cc1ccc(Br)cc1.I. The molecule has 0 aliphatic rings. The van der Waals surface area contributed by atoms with E-state index < -0.39 is 10.0 Å². The molecule has 23 heavy (non-hydrogen) atoms. The summed E-state index contributed by atoms with van der Waals surface area (Å²) in [6.07, 6.45) is 1.14. The molecule has 0 unspecified atom stereocenters. The number of sulfonamides is 1. The summed E-state index contributed by atoms with van der Waals surface area (Å²) in [6.45, 7) is 4.15. The van der Waals surface area contributed by atoms with Crippen LogP contribution in [0.15, 0.2) is 33.7 Å². The molecule has 0 atom stereocenters. The summed E-state index contributed by atoms with van der Waals surface area (Å²) in [5, 5.41) is 3.20. The first-order chi connectivity index (χ1) is 10.3. The highest BCUT2D eigenvalue weighted by Crippen LogP contribution is 2.11. The maximum Gasteiger partial charge on any atom is 0.208 e. The fourth-order valence-electron chi connectivity index (χ4n) is 1.80. The molecule has 0 fully saturated rings. The second-order valence-electron chi connectivity index (χ2n) is 4.88. The summed E-state index contributed by atoms with van der Waals surface area (Å²) in [4.78, 5) is 6.43. The van der Waals surface area contributed by atoms with Crippen LogP contribution in [0, 0.1) is 0 Å². The molecule has 0 spiro atoms. The van der Waals surface area contributed by atoms with Crippen LogP contribution in [0.5, 0.6) is 0 Å². The van der Waals surface area contributed by atoms with Crippen LogP contribution in [-0.4, -0.2) is 52.2 Å². The average Bonchev–Trinajstić information content (AvgIpc) is 2.43. The quantitative estimate of drug-likeness (QED) is 0.251. The predicted molar refractivity (Wildman–Crippen MR) is 110 cm³/mol. The molecule has 0 radical (unpaired) electrons. The molecule has 0 bridgehead atoms. The van der Waals surface area contributed by atoms with Crippen LogP contribution >= 0.6 is 39.9 Å². The molecule has 1 aromatic rings. The van der Waals surface area contributed by atoms with Gasteiger partial charge >= 0.3 is 0 Å². The Kier molecular flexibility index (Phi) is 11.0. The van der Waals surface area contributed by atoms with Gasteiger partial charge in [0.05, 0.1) is 12.8 Å². The Morgan fingerprint density at radius 3 is 2.43 bits per heavy atom. The first-order valence-corrected chi connectivity index (χ1v) is 9.69. The van der Waals surface area contributed by atoms with Gasteiger partial charge in [0, 0.05) is 31.2 Å². The fraction of sp³-hybridized carbons (Fsp3) is 0.500. The number of rotatable bonds is 7. The molecule has 9 heteroatoms. The highest BCUT2D eigenvalue weighted by molar-refractivity contribution is 14.0. The number of benzene rings is 1. The Labute approximate surface area is 164 Å². The summed E-state index contributed by atoms with van der Waals surface area (Å²) >= 11 is 3.42. The van der Waals surface area contributed by atoms with Gasteiger partial charge in [0.15, 0.2) is 5.96 Å². The summed E-state index contributed by atoms with van der Waals surface area (Å²) in [7, 11) is -1.21. The van der Waals surface area contributed by atoms with Crippen LogP contribution in [0.2, 0.25) is 0 Å². The number of halogens is 2. The van der Waals surface area contributed by atoms with Crippen molar-refractivity contribution in [2.45, 2.75) is 13.5 Å². The van der Waals surface area contributed by atoms with E-state index >= 15 is 0 Å². The normalized spacial score (nSPS) is 11.7. The Morgan fingerprint density at radius 1 is 1.30 bits per heavy atom. The van der Waals surface area contributed by atoms with Gasteiger partial charge in [0.1, 0.15) is 0 Å². The van der Waals surface area contributed by atoms with Crippen molar-refractivity contribution in [2.24, 2.45) is 4.99 Å². The number of nitrogens with zero attached hydrogens (tertiary/aromatic N) is 2. The van der Waals surface area contributed by atoms with E-state index in [9.17, 15) is 8.42 Å². The molecule has 0 heterocycles. The van der Waals surface area contributed by atoms with E-state index in [1.807, 2.05) is 31.0 Å². The van der Waals surface area contributed by atoms with Gasteiger partial charge in [0.25, 0.3) is 0 Å². The van der Waals surface area contributed by atoms with Crippen LogP contribution < -0.4 is 10.0 Å². The summed E-state index contributed by atoms with van der Waals surface area (Å²) in [5.41, 5.74) is 1.17. The smallest absolute Gasteiger partial charge is 0.208 e. The van der Waals surface area contributed by atoms with Gasteiger partial charge in [-0.05, 0) is 24.6 Å². The van der Waals surface area contributed by atoms with Gasteiger partial charge in [0.2, 0.25) is 10.0 Å². The Balaban J connectivity index is 0.00000484. The minimum atomic E-state index is -3.16. The van der Waals surface area contributed by atoms with E-state index in [1.54, 1.807) is 0 Å². The Hall–Kier alpha value is -0.390. The largest absolute Gasteiger partial charge is 0.357 e. The summed E-state index contributed by atoms with van der Waals surface area (Å²) in [5.74, 6) is 0.751. The molecule has 0 amide bonds. The molecule has 132 valence electrons. The number of hydrogen-bond donors (Lipinski definition) is 2. The third-order valence-corrected chi connectivity index (χ3v) is 4.02. The zero-order valence-electron chi connectivity index (χ0n) is 13.5. The Morgan fingerprint density at radius 2 is 1.91 bits per heavy atom. The third kappa shape index (κ3) is 10.2. The lowest BCUT2D eigenvalue weighted by Gasteiger charge is -2.22. The molecule has 1 rings (SSSR count). The van der Waals surface area contributed by atoms with Crippen molar-refractivity contribution in [3.05, 3.63) is 34.3 Å². The van der Waals surface area contributed by atoms with Crippen LogP contribution in [0.3, 0.4) is 0 Å². The van der Waals surface area contributed by atoms with Gasteiger partial charge in [-0.15, -0.1) is 24.0 Å². The molecule has 0 aromatic heterocycles. The second kappa shape index (κ2) is 11.2. The zero-order chi connectivity index (χ0) is 16.6. The van der Waals surface area contributed by atoms with E-state index in [1.165, 1.54) is 5.56 Å². The standard InChI is InChI=1S/C14H23BrN4O2S.HI/c1-4-16-14(17-9-10-18-22(3,20)21)19(2)11-12-5-7-13(15)8-6-12;/h5-8,18H,4,9-11H2,1-3H3,(H,16,17);1H. The van der Waals surface area contributed by atoms with Gasteiger partial charge < -0.3 is 10.2 Å². The lowest BCUT2D eigenvalue weighted by atomic mass is 10.2. The van der Waals surface area contributed by atoms with Gasteiger partial charge in [-0.25, -0.2) is 13.1 Å². The second-order valence-corrected chi connectivity index (χ2v) is 7.63. The van der Waals surface area contributed by atoms with Gasteiger partial charge in [-0.2, -0.15) is 0 Å². The zero-order valence-corrected chi connectivity index (χ0v) is 18.3. The monoisotopic (exact) mass is 518 g/mol. The summed E-state index contributed by atoms with van der Waals surface area (Å²) in [6, 6.07) is 8.11. The van der Waals surface area contributed by atoms with Gasteiger partial charge in [-0.3, -0.25) is 4.99 Å². The van der Waals surface area contributed by atoms with E-state index in [4.69, 9.17) is 0 Å². The van der Waals surface area contributed by atoms with Crippen molar-refractivity contribution < 1.29 is 8.42 Å². The lowest BCUT2D eigenvalue weighted by molar-refractivity contribution is 0.477. The maximum absolute atomic E-state index is 11.0. The van der Waals surface area contributed by atoms with Crippen molar-refractivity contribution in [2.75, 3.05) is 32.9 Å². The van der Waals surface area contributed by atoms with Crippen LogP contribution in [0.4, 0.5) is 0 Å². The highest BCUT2D eigenvalue weighted by atomic mass is 127. The average molecular weight is 519 g/mol. The molecule has 1 aromatic carbocycles. The minimum absolute atomic E-state index is 0. The number of nitrogens with one attached hydrogen (secondary N) is 2. The van der Waals surface area contributed by atoms with E-state index in [-0.39, 0.29) is 24.0 Å². The third-order valence-electron chi connectivity index (χ3n) is 2.77. The van der Waals surface area contributed by atoms with Crippen molar-refractivity contribution in [1.29, 1.82) is 0 Å². The molecule has 0 aliphatic heterocycles. The predicted octanol–water partition coefficient (Wildman–Crippen LogP) is 2.01. The van der Waals surface area contributed by atoms with Crippen LogP contribution in [-0.2, 0) is 16.6 Å². The van der Waals surface area contributed by atoms with E-state index in [2.05, 4.69) is 43.1 Å². The fourth-order valence-corrected chi connectivity index (χ4v) is 2.53. The van der Waals surface area contributed by atoms with E-state index in [0.29, 0.717) is 13.1 Å². The summed E-state index contributed by atoms with van der Waals surface area (Å²) < 4.78 is 25.5. The Bertz CT molecular complexity index is 593. The van der Waals surface area contributed by atoms with Crippen molar-refractivity contribution in [3.63, 3.8) is 0 Å². The van der Waals surface area contributed by atoms with Crippen LogP contribution in [0.1, 0.15) is 12.5 Å². The molecule has 0 saturated carbocycles. The molecule has 0 aliphatic carbocycles.